The molecule has 1 aromatic heterocycles. The second-order valence-corrected chi connectivity index (χ2v) is 10.5. The van der Waals surface area contributed by atoms with Gasteiger partial charge >= 0.3 is 5.97 Å². The third kappa shape index (κ3) is 6.43. The van der Waals surface area contributed by atoms with E-state index in [9.17, 15) is 18.0 Å². The first kappa shape index (κ1) is 24.8. The zero-order chi connectivity index (χ0) is 24.7. The number of nitrogens with one attached hydrogen (secondary N) is 1. The first-order chi connectivity index (χ1) is 16.9. The Bertz CT molecular complexity index is 1280. The van der Waals surface area contributed by atoms with Crippen LogP contribution >= 0.6 is 11.3 Å². The van der Waals surface area contributed by atoms with Gasteiger partial charge in [-0.05, 0) is 35.7 Å². The Hall–Kier alpha value is -3.31. The van der Waals surface area contributed by atoms with Crippen LogP contribution in [0.3, 0.4) is 0 Å². The lowest BCUT2D eigenvalue weighted by Gasteiger charge is -2.26. The Labute approximate surface area is 207 Å². The van der Waals surface area contributed by atoms with Crippen molar-refractivity contribution >= 4 is 45.0 Å². The summed E-state index contributed by atoms with van der Waals surface area (Å²) in [6.07, 6.45) is 1.66. The van der Waals surface area contributed by atoms with Gasteiger partial charge in [-0.2, -0.15) is 4.31 Å². The van der Waals surface area contributed by atoms with Gasteiger partial charge in [0.2, 0.25) is 16.1 Å². The number of esters is 1. The van der Waals surface area contributed by atoms with Gasteiger partial charge in [0.05, 0.1) is 18.1 Å². The zero-order valence-electron chi connectivity index (χ0n) is 18.7. The van der Waals surface area contributed by atoms with Gasteiger partial charge in [-0.3, -0.25) is 4.79 Å². The molecular weight excluding hydrogens is 488 g/mol. The van der Waals surface area contributed by atoms with E-state index >= 15 is 0 Å². The molecule has 1 atom stereocenters. The number of thiophene rings is 1. The van der Waals surface area contributed by atoms with Gasteiger partial charge in [-0.15, -0.1) is 11.3 Å². The molecule has 0 radical (unpaired) electrons. The fourth-order valence-electron chi connectivity index (χ4n) is 3.47. The van der Waals surface area contributed by atoms with Crippen LogP contribution < -0.4 is 5.32 Å². The third-order valence-electron chi connectivity index (χ3n) is 5.21. The Balaban J connectivity index is 1.52. The summed E-state index contributed by atoms with van der Waals surface area (Å²) in [7, 11) is -3.73. The number of benzene rings is 2. The average molecular weight is 513 g/mol. The SMILES string of the molecule is O=C(C=Cc1cccs1)OC(C(=O)Nc1cccc(S(=O)(=O)N2CCOCC2)c1)c1ccccc1. The number of carbonyl (C=O) groups is 2. The molecule has 1 amide bonds. The Morgan fingerprint density at radius 3 is 2.51 bits per heavy atom. The Morgan fingerprint density at radius 1 is 1.03 bits per heavy atom. The van der Waals surface area contributed by atoms with Crippen LogP contribution in [-0.4, -0.2) is 50.9 Å². The van der Waals surface area contributed by atoms with Crippen molar-refractivity contribution in [3.8, 4) is 0 Å². The molecule has 0 aliphatic carbocycles. The molecule has 4 rings (SSSR count). The molecule has 35 heavy (non-hydrogen) atoms. The lowest BCUT2D eigenvalue weighted by Crippen LogP contribution is -2.40. The van der Waals surface area contributed by atoms with Crippen LogP contribution in [0.15, 0.2) is 83.1 Å². The van der Waals surface area contributed by atoms with E-state index < -0.39 is 28.0 Å². The van der Waals surface area contributed by atoms with E-state index in [0.717, 1.165) is 4.88 Å². The predicted molar refractivity (Wildman–Crippen MR) is 133 cm³/mol. The number of sulfonamides is 1. The van der Waals surface area contributed by atoms with Crippen LogP contribution in [0, 0.1) is 0 Å². The van der Waals surface area contributed by atoms with Gasteiger partial charge in [0, 0.05) is 35.3 Å². The average Bonchev–Trinajstić information content (AvgIpc) is 3.41. The quantitative estimate of drug-likeness (QED) is 0.365. The van der Waals surface area contributed by atoms with Crippen molar-refractivity contribution in [3.63, 3.8) is 0 Å². The number of morpholine rings is 1. The van der Waals surface area contributed by atoms with Crippen molar-refractivity contribution in [1.29, 1.82) is 0 Å². The maximum absolute atomic E-state index is 13.2. The van der Waals surface area contributed by atoms with Gasteiger partial charge in [0.1, 0.15) is 0 Å². The molecule has 1 aliphatic rings. The molecule has 1 N–H and O–H groups in total. The second kappa shape index (κ2) is 11.4. The monoisotopic (exact) mass is 512 g/mol. The Kier molecular flexibility index (Phi) is 8.09. The zero-order valence-corrected chi connectivity index (χ0v) is 20.3. The van der Waals surface area contributed by atoms with E-state index in [4.69, 9.17) is 9.47 Å². The van der Waals surface area contributed by atoms with E-state index in [1.54, 1.807) is 48.5 Å². The van der Waals surface area contributed by atoms with Crippen LogP contribution in [0.2, 0.25) is 0 Å². The summed E-state index contributed by atoms with van der Waals surface area (Å²) in [5.41, 5.74) is 0.760. The summed E-state index contributed by atoms with van der Waals surface area (Å²) in [6.45, 7) is 1.20. The van der Waals surface area contributed by atoms with Crippen LogP contribution in [-0.2, 0) is 29.1 Å². The van der Waals surface area contributed by atoms with Gasteiger partial charge in [-0.25, -0.2) is 13.2 Å². The van der Waals surface area contributed by atoms with Crippen molar-refractivity contribution < 1.29 is 27.5 Å². The number of rotatable bonds is 8. The molecule has 0 spiro atoms. The smallest absolute Gasteiger partial charge is 0.331 e. The summed E-state index contributed by atoms with van der Waals surface area (Å²) in [6, 6.07) is 18.3. The molecule has 1 saturated heterocycles. The fraction of sp³-hybridized carbons (Fsp3) is 0.200. The Morgan fingerprint density at radius 2 is 1.80 bits per heavy atom. The molecule has 182 valence electrons. The first-order valence-electron chi connectivity index (χ1n) is 10.9. The van der Waals surface area contributed by atoms with E-state index in [0.29, 0.717) is 18.8 Å². The molecule has 3 aromatic rings. The first-order valence-corrected chi connectivity index (χ1v) is 13.2. The predicted octanol–water partition coefficient (Wildman–Crippen LogP) is 3.71. The van der Waals surface area contributed by atoms with Crippen molar-refractivity contribution in [2.75, 3.05) is 31.6 Å². The minimum atomic E-state index is -3.73. The number of ether oxygens (including phenoxy) is 2. The van der Waals surface area contributed by atoms with Crippen LogP contribution in [0.1, 0.15) is 16.5 Å². The molecule has 1 aliphatic heterocycles. The van der Waals surface area contributed by atoms with Gasteiger partial charge < -0.3 is 14.8 Å². The summed E-state index contributed by atoms with van der Waals surface area (Å²) in [5, 5.41) is 4.57. The minimum Gasteiger partial charge on any atom is -0.444 e. The lowest BCUT2D eigenvalue weighted by atomic mass is 10.1. The lowest BCUT2D eigenvalue weighted by molar-refractivity contribution is -0.149. The largest absolute Gasteiger partial charge is 0.444 e. The fourth-order valence-corrected chi connectivity index (χ4v) is 5.54. The highest BCUT2D eigenvalue weighted by molar-refractivity contribution is 7.89. The highest BCUT2D eigenvalue weighted by atomic mass is 32.2. The van der Waals surface area contributed by atoms with Crippen molar-refractivity contribution in [3.05, 3.63) is 88.6 Å². The number of nitrogens with zero attached hydrogens (tertiary/aromatic N) is 1. The van der Waals surface area contributed by atoms with E-state index in [1.807, 2.05) is 17.5 Å². The summed E-state index contributed by atoms with van der Waals surface area (Å²) in [4.78, 5) is 26.6. The maximum Gasteiger partial charge on any atom is 0.331 e. The summed E-state index contributed by atoms with van der Waals surface area (Å²) >= 11 is 1.47. The highest BCUT2D eigenvalue weighted by Crippen LogP contribution is 2.24. The van der Waals surface area contributed by atoms with Crippen LogP contribution in [0.25, 0.3) is 6.08 Å². The van der Waals surface area contributed by atoms with Crippen LogP contribution in [0.4, 0.5) is 5.69 Å². The van der Waals surface area contributed by atoms with Gasteiger partial charge in [0.25, 0.3) is 5.91 Å². The second-order valence-electron chi connectivity index (χ2n) is 7.61. The van der Waals surface area contributed by atoms with Gasteiger partial charge in [-0.1, -0.05) is 42.5 Å². The minimum absolute atomic E-state index is 0.0596. The van der Waals surface area contributed by atoms with Crippen molar-refractivity contribution in [2.45, 2.75) is 11.0 Å². The third-order valence-corrected chi connectivity index (χ3v) is 7.94. The van der Waals surface area contributed by atoms with E-state index in [1.165, 1.54) is 33.9 Å². The topological polar surface area (TPSA) is 102 Å². The summed E-state index contributed by atoms with van der Waals surface area (Å²) in [5.74, 6) is -1.28. The van der Waals surface area contributed by atoms with Crippen molar-refractivity contribution in [1.82, 2.24) is 4.31 Å². The normalized spacial score (nSPS) is 15.5. The molecule has 10 heteroatoms. The molecule has 1 unspecified atom stereocenters. The number of hydrogen-bond donors (Lipinski definition) is 1. The standard InChI is InChI=1S/C25H24N2O6S2/c28-23(12-11-21-9-5-17-34-21)33-24(19-6-2-1-3-7-19)25(29)26-20-8-4-10-22(18-20)35(30,31)27-13-15-32-16-14-27/h1-12,17-18,24H,13-16H2,(H,26,29). The molecular formula is C25H24N2O6S2. The molecule has 0 bridgehead atoms. The number of anilines is 1. The molecule has 2 aromatic carbocycles. The number of amides is 1. The number of carbonyl (C=O) groups excluding carboxylic acids is 2. The molecule has 2 heterocycles. The van der Waals surface area contributed by atoms with E-state index in [-0.39, 0.29) is 23.7 Å². The van der Waals surface area contributed by atoms with Crippen molar-refractivity contribution in [2.24, 2.45) is 0 Å². The van der Waals surface area contributed by atoms with Gasteiger partial charge in [0.15, 0.2) is 0 Å². The van der Waals surface area contributed by atoms with Crippen LogP contribution in [0.5, 0.6) is 0 Å². The highest BCUT2D eigenvalue weighted by Gasteiger charge is 2.28. The van der Waals surface area contributed by atoms with E-state index in [2.05, 4.69) is 5.32 Å². The summed E-state index contributed by atoms with van der Waals surface area (Å²) < 4.78 is 38.0. The molecule has 1 fully saturated rings. The molecule has 0 saturated carbocycles. The number of hydrogen-bond acceptors (Lipinski definition) is 7. The molecule has 8 nitrogen and oxygen atoms in total. The maximum atomic E-state index is 13.2.